The van der Waals surface area contributed by atoms with Gasteiger partial charge in [0.15, 0.2) is 6.61 Å². The molecule has 1 N–H and O–H groups in total. The Morgan fingerprint density at radius 1 is 0.711 bits per heavy atom. The van der Waals surface area contributed by atoms with Gasteiger partial charge in [0, 0.05) is 6.42 Å². The highest BCUT2D eigenvalue weighted by atomic mass is 16.6. The Hall–Kier alpha value is -3.09. The van der Waals surface area contributed by atoms with Crippen LogP contribution < -0.4 is 0 Å². The Labute approximate surface area is 229 Å². The van der Waals surface area contributed by atoms with Crippen LogP contribution in [0.15, 0.2) is 49.9 Å². The molecule has 38 heavy (non-hydrogen) atoms. The van der Waals surface area contributed by atoms with Gasteiger partial charge in [0.05, 0.1) is 12.5 Å². The summed E-state index contributed by atoms with van der Waals surface area (Å²) >= 11 is 0. The number of benzene rings is 1. The minimum atomic E-state index is -0.792. The highest BCUT2D eigenvalue weighted by molar-refractivity contribution is 5.93. The normalized spacial score (nSPS) is 10.0. The Balaban J connectivity index is 0.000000755. The number of hydrogen-bond donors (Lipinski definition) is 1. The van der Waals surface area contributed by atoms with E-state index in [-0.39, 0.29) is 17.3 Å². The number of ether oxygens (including phenoxy) is 3. The van der Waals surface area contributed by atoms with Crippen molar-refractivity contribution in [3.8, 4) is 5.75 Å². The molecule has 0 saturated heterocycles. The summed E-state index contributed by atoms with van der Waals surface area (Å²) in [4.78, 5) is 33.3. The van der Waals surface area contributed by atoms with E-state index in [1.165, 1.54) is 102 Å². The zero-order valence-corrected chi connectivity index (χ0v) is 23.3. The smallest absolute Gasteiger partial charge is 0.349 e. The first-order chi connectivity index (χ1) is 18.5. The van der Waals surface area contributed by atoms with Crippen LogP contribution in [0, 0.1) is 0 Å². The van der Waals surface area contributed by atoms with Crippen molar-refractivity contribution < 1.29 is 33.7 Å². The highest BCUT2D eigenvalue weighted by Gasteiger charge is 2.13. The lowest BCUT2D eigenvalue weighted by Crippen LogP contribution is -2.14. The molecule has 0 radical (unpaired) electrons. The molecule has 0 atom stereocenters. The van der Waals surface area contributed by atoms with Crippen LogP contribution in [0.2, 0.25) is 0 Å². The van der Waals surface area contributed by atoms with Gasteiger partial charge >= 0.3 is 17.9 Å². The summed E-state index contributed by atoms with van der Waals surface area (Å²) in [5.41, 5.74) is -0.00565. The maximum atomic E-state index is 11.4. The molecule has 0 aliphatic carbocycles. The standard InChI is InChI=1S/C20H38O2.C11H10O5/c1-3-5-6-7-8-9-10-11-12-13-14-15-16-17-18-19-20(21)22-4-2;1-2-15-10(13)7-16-11(14)8-5-3-4-6-9(8)12/h4H,2-3,5-19H2,1H3;2-6,12H,1,7H2. The van der Waals surface area contributed by atoms with Gasteiger partial charge < -0.3 is 19.3 Å². The van der Waals surface area contributed by atoms with Crippen LogP contribution in [0.25, 0.3) is 0 Å². The van der Waals surface area contributed by atoms with Gasteiger partial charge in [-0.2, -0.15) is 0 Å². The first-order valence-electron chi connectivity index (χ1n) is 14.0. The van der Waals surface area contributed by atoms with Gasteiger partial charge in [0.2, 0.25) is 0 Å². The van der Waals surface area contributed by atoms with Crippen LogP contribution in [-0.4, -0.2) is 29.6 Å². The summed E-state index contributed by atoms with van der Waals surface area (Å²) in [7, 11) is 0. The lowest BCUT2D eigenvalue weighted by atomic mass is 10.0. The van der Waals surface area contributed by atoms with E-state index in [1.54, 1.807) is 12.1 Å². The zero-order chi connectivity index (χ0) is 28.3. The average Bonchev–Trinajstić information content (AvgIpc) is 2.90. The molecule has 0 aromatic heterocycles. The molecule has 0 aliphatic heterocycles. The molecule has 1 aromatic rings. The van der Waals surface area contributed by atoms with E-state index in [2.05, 4.69) is 34.3 Å². The van der Waals surface area contributed by atoms with Crippen LogP contribution in [0.4, 0.5) is 0 Å². The third-order valence-electron chi connectivity index (χ3n) is 5.86. The topological polar surface area (TPSA) is 99.1 Å². The van der Waals surface area contributed by atoms with Gasteiger partial charge in [-0.3, -0.25) is 4.79 Å². The summed E-state index contributed by atoms with van der Waals surface area (Å²) in [6.07, 6.45) is 22.8. The van der Waals surface area contributed by atoms with Gasteiger partial charge in [-0.25, -0.2) is 9.59 Å². The van der Waals surface area contributed by atoms with Crippen molar-refractivity contribution >= 4 is 17.9 Å². The summed E-state index contributed by atoms with van der Waals surface area (Å²) in [5.74, 6) is -1.88. The number of aromatic hydroxyl groups is 1. The van der Waals surface area contributed by atoms with Crippen LogP contribution in [0.5, 0.6) is 5.75 Å². The van der Waals surface area contributed by atoms with E-state index < -0.39 is 18.5 Å². The monoisotopic (exact) mass is 532 g/mol. The van der Waals surface area contributed by atoms with Gasteiger partial charge in [-0.05, 0) is 18.6 Å². The number of phenols is 1. The van der Waals surface area contributed by atoms with E-state index in [1.807, 2.05) is 0 Å². The molecule has 0 amide bonds. The third-order valence-corrected chi connectivity index (χ3v) is 5.86. The second kappa shape index (κ2) is 25.6. The first-order valence-corrected chi connectivity index (χ1v) is 14.0. The number of rotatable bonds is 21. The minimum Gasteiger partial charge on any atom is -0.507 e. The Bertz CT molecular complexity index is 788. The number of hydrogen-bond acceptors (Lipinski definition) is 7. The number of unbranched alkanes of at least 4 members (excludes halogenated alkanes) is 14. The highest BCUT2D eigenvalue weighted by Crippen LogP contribution is 2.16. The molecule has 0 saturated carbocycles. The maximum absolute atomic E-state index is 11.4. The molecule has 0 fully saturated rings. The van der Waals surface area contributed by atoms with Gasteiger partial charge in [-0.1, -0.05) is 122 Å². The Kier molecular flexibility index (Phi) is 23.5. The second-order valence-corrected chi connectivity index (χ2v) is 9.11. The van der Waals surface area contributed by atoms with Gasteiger partial charge in [-0.15, -0.1) is 0 Å². The van der Waals surface area contributed by atoms with E-state index >= 15 is 0 Å². The molecule has 0 heterocycles. The van der Waals surface area contributed by atoms with Crippen molar-refractivity contribution in [2.45, 2.75) is 110 Å². The fourth-order valence-corrected chi connectivity index (χ4v) is 3.77. The summed E-state index contributed by atoms with van der Waals surface area (Å²) in [5, 5.41) is 9.32. The molecule has 1 rings (SSSR count). The Morgan fingerprint density at radius 2 is 1.16 bits per heavy atom. The molecule has 0 spiro atoms. The first kappa shape index (κ1) is 34.9. The molecule has 1 aromatic carbocycles. The molecule has 7 heteroatoms. The molecular formula is C31H48O7. The molecule has 0 unspecified atom stereocenters. The van der Waals surface area contributed by atoms with Gasteiger partial charge in [0.1, 0.15) is 11.3 Å². The van der Waals surface area contributed by atoms with E-state index in [0.29, 0.717) is 6.42 Å². The van der Waals surface area contributed by atoms with Crippen LogP contribution >= 0.6 is 0 Å². The van der Waals surface area contributed by atoms with E-state index in [4.69, 9.17) is 0 Å². The summed E-state index contributed by atoms with van der Waals surface area (Å²) in [6, 6.07) is 5.87. The zero-order valence-electron chi connectivity index (χ0n) is 23.3. The van der Waals surface area contributed by atoms with Crippen LogP contribution in [0.3, 0.4) is 0 Å². The van der Waals surface area contributed by atoms with E-state index in [9.17, 15) is 19.5 Å². The Morgan fingerprint density at radius 3 is 1.63 bits per heavy atom. The number of esters is 3. The quantitative estimate of drug-likeness (QED) is 0.0737. The minimum absolute atomic E-state index is 0.00565. The molecule has 7 nitrogen and oxygen atoms in total. The number of para-hydroxylation sites is 1. The second-order valence-electron chi connectivity index (χ2n) is 9.11. The fraction of sp³-hybridized carbons (Fsp3) is 0.581. The van der Waals surface area contributed by atoms with Crippen molar-refractivity contribution in [2.75, 3.05) is 6.61 Å². The molecular weight excluding hydrogens is 484 g/mol. The third kappa shape index (κ3) is 21.0. The molecule has 214 valence electrons. The maximum Gasteiger partial charge on any atom is 0.349 e. The van der Waals surface area contributed by atoms with Crippen molar-refractivity contribution in [1.82, 2.24) is 0 Å². The van der Waals surface area contributed by atoms with Crippen LogP contribution in [-0.2, 0) is 23.8 Å². The fourth-order valence-electron chi connectivity index (χ4n) is 3.77. The predicted octanol–water partition coefficient (Wildman–Crippen LogP) is 8.17. The summed E-state index contributed by atoms with van der Waals surface area (Å²) < 4.78 is 13.6. The lowest BCUT2D eigenvalue weighted by molar-refractivity contribution is -0.141. The summed E-state index contributed by atoms with van der Waals surface area (Å²) in [6.45, 7) is 8.30. The predicted molar refractivity (Wildman–Crippen MR) is 151 cm³/mol. The average molecular weight is 533 g/mol. The van der Waals surface area contributed by atoms with Gasteiger partial charge in [0.25, 0.3) is 0 Å². The largest absolute Gasteiger partial charge is 0.507 e. The van der Waals surface area contributed by atoms with Crippen molar-refractivity contribution in [3.63, 3.8) is 0 Å². The van der Waals surface area contributed by atoms with E-state index in [0.717, 1.165) is 19.1 Å². The number of carbonyl (C=O) groups is 3. The van der Waals surface area contributed by atoms with Crippen molar-refractivity contribution in [3.05, 3.63) is 55.5 Å². The SMILES string of the molecule is C=COC(=O)CCCCCCCCCCCCCCCCC.C=COC(=O)COC(=O)c1ccccc1O. The van der Waals surface area contributed by atoms with Crippen molar-refractivity contribution in [1.29, 1.82) is 0 Å². The van der Waals surface area contributed by atoms with Crippen molar-refractivity contribution in [2.24, 2.45) is 0 Å². The molecule has 0 aliphatic rings. The molecule has 0 bridgehead atoms. The van der Waals surface area contributed by atoms with Crippen LogP contribution in [0.1, 0.15) is 120 Å². The lowest BCUT2D eigenvalue weighted by Gasteiger charge is -2.04. The number of carbonyl (C=O) groups excluding carboxylic acids is 3. The number of phenolic OH excluding ortho intramolecular Hbond substituents is 1.